The summed E-state index contributed by atoms with van der Waals surface area (Å²) in [7, 11) is 0. The zero-order valence-corrected chi connectivity index (χ0v) is 10.9. The molecule has 2 rings (SSSR count). The molecule has 1 aliphatic rings. The van der Waals surface area contributed by atoms with Crippen LogP contribution in [-0.2, 0) is 17.9 Å². The number of carboxylic acid groups (broad SMARTS) is 1. The van der Waals surface area contributed by atoms with Crippen molar-refractivity contribution in [1.29, 1.82) is 0 Å². The van der Waals surface area contributed by atoms with Crippen molar-refractivity contribution >= 4 is 12.0 Å². The van der Waals surface area contributed by atoms with Crippen LogP contribution in [0.25, 0.3) is 0 Å². The summed E-state index contributed by atoms with van der Waals surface area (Å²) in [6, 6.07) is -0.113. The Morgan fingerprint density at radius 1 is 1.47 bits per heavy atom. The van der Waals surface area contributed by atoms with Gasteiger partial charge >= 0.3 is 12.0 Å². The van der Waals surface area contributed by atoms with E-state index in [0.29, 0.717) is 19.6 Å². The molecule has 2 amide bonds. The molecule has 0 saturated heterocycles. The highest BCUT2D eigenvalue weighted by Crippen LogP contribution is 2.12. The topological polar surface area (TPSA) is 78.7 Å². The van der Waals surface area contributed by atoms with Crippen LogP contribution >= 0.6 is 0 Å². The first-order valence-electron chi connectivity index (χ1n) is 6.37. The predicted molar refractivity (Wildman–Crippen MR) is 67.5 cm³/mol. The lowest BCUT2D eigenvalue weighted by Crippen LogP contribution is -2.47. The SMILES string of the molecule is CCN(CCC(=O)O)C(=O)N1CCn2ccnc2C1. The molecule has 0 spiro atoms. The van der Waals surface area contributed by atoms with E-state index in [2.05, 4.69) is 4.98 Å². The minimum Gasteiger partial charge on any atom is -0.481 e. The van der Waals surface area contributed by atoms with Crippen LogP contribution in [0, 0.1) is 0 Å². The van der Waals surface area contributed by atoms with E-state index in [4.69, 9.17) is 5.11 Å². The lowest BCUT2D eigenvalue weighted by molar-refractivity contribution is -0.137. The lowest BCUT2D eigenvalue weighted by Gasteiger charge is -2.32. The molecule has 104 valence electrons. The Hall–Kier alpha value is -2.05. The molecule has 0 aliphatic carbocycles. The second kappa shape index (κ2) is 5.73. The first kappa shape index (κ1) is 13.4. The van der Waals surface area contributed by atoms with Crippen LogP contribution in [0.3, 0.4) is 0 Å². The van der Waals surface area contributed by atoms with Crippen molar-refractivity contribution in [3.05, 3.63) is 18.2 Å². The Morgan fingerprint density at radius 3 is 2.95 bits per heavy atom. The minimum atomic E-state index is -0.888. The summed E-state index contributed by atoms with van der Waals surface area (Å²) in [6.45, 7) is 4.45. The molecule has 0 saturated carbocycles. The molecule has 0 unspecified atom stereocenters. The minimum absolute atomic E-state index is 0.0257. The van der Waals surface area contributed by atoms with Crippen LogP contribution in [0.5, 0.6) is 0 Å². The molecular weight excluding hydrogens is 248 g/mol. The molecule has 19 heavy (non-hydrogen) atoms. The molecule has 0 fully saturated rings. The van der Waals surface area contributed by atoms with Crippen LogP contribution in [0.4, 0.5) is 4.79 Å². The zero-order chi connectivity index (χ0) is 13.8. The van der Waals surface area contributed by atoms with Gasteiger partial charge in [-0.2, -0.15) is 0 Å². The van der Waals surface area contributed by atoms with Crippen molar-refractivity contribution in [3.63, 3.8) is 0 Å². The Kier molecular flexibility index (Phi) is 4.03. The van der Waals surface area contributed by atoms with E-state index in [0.717, 1.165) is 12.4 Å². The number of hydrogen-bond acceptors (Lipinski definition) is 3. The number of carbonyl (C=O) groups excluding carboxylic acids is 1. The van der Waals surface area contributed by atoms with Gasteiger partial charge < -0.3 is 19.5 Å². The Bertz CT molecular complexity index is 471. The van der Waals surface area contributed by atoms with Crippen LogP contribution < -0.4 is 0 Å². The van der Waals surface area contributed by atoms with E-state index in [1.807, 2.05) is 17.7 Å². The first-order valence-corrected chi connectivity index (χ1v) is 6.37. The van der Waals surface area contributed by atoms with Gasteiger partial charge in [-0.15, -0.1) is 0 Å². The Morgan fingerprint density at radius 2 is 2.26 bits per heavy atom. The quantitative estimate of drug-likeness (QED) is 0.866. The number of carbonyl (C=O) groups is 2. The van der Waals surface area contributed by atoms with Crippen LogP contribution in [-0.4, -0.2) is 56.1 Å². The van der Waals surface area contributed by atoms with E-state index in [-0.39, 0.29) is 19.0 Å². The molecule has 0 atom stereocenters. The van der Waals surface area contributed by atoms with Crippen LogP contribution in [0.2, 0.25) is 0 Å². The first-order chi connectivity index (χ1) is 9.11. The summed E-state index contributed by atoms with van der Waals surface area (Å²) in [5.74, 6) is -0.0191. The third-order valence-electron chi connectivity index (χ3n) is 3.26. The Labute approximate surface area is 111 Å². The molecule has 0 radical (unpaired) electrons. The fourth-order valence-electron chi connectivity index (χ4n) is 2.16. The zero-order valence-electron chi connectivity index (χ0n) is 10.9. The lowest BCUT2D eigenvalue weighted by atomic mass is 10.3. The largest absolute Gasteiger partial charge is 0.481 e. The third-order valence-corrected chi connectivity index (χ3v) is 3.26. The average Bonchev–Trinajstić information content (AvgIpc) is 2.85. The van der Waals surface area contributed by atoms with Gasteiger partial charge in [0.15, 0.2) is 0 Å². The molecule has 7 heteroatoms. The molecule has 1 aliphatic heterocycles. The number of nitrogens with zero attached hydrogens (tertiary/aromatic N) is 4. The van der Waals surface area contributed by atoms with Gasteiger partial charge in [-0.3, -0.25) is 4.79 Å². The number of imidazole rings is 1. The summed E-state index contributed by atoms with van der Waals surface area (Å²) in [5, 5.41) is 8.69. The van der Waals surface area contributed by atoms with E-state index < -0.39 is 5.97 Å². The highest BCUT2D eigenvalue weighted by Gasteiger charge is 2.24. The molecule has 2 heterocycles. The van der Waals surface area contributed by atoms with Crippen molar-refractivity contribution in [2.45, 2.75) is 26.4 Å². The average molecular weight is 266 g/mol. The number of carboxylic acids is 1. The molecule has 1 aromatic heterocycles. The van der Waals surface area contributed by atoms with Crippen LogP contribution in [0.1, 0.15) is 19.2 Å². The normalized spacial score (nSPS) is 14.1. The number of aromatic nitrogens is 2. The highest BCUT2D eigenvalue weighted by molar-refractivity contribution is 5.75. The highest BCUT2D eigenvalue weighted by atomic mass is 16.4. The number of rotatable bonds is 4. The van der Waals surface area contributed by atoms with Gasteiger partial charge in [0, 0.05) is 38.6 Å². The second-order valence-corrected chi connectivity index (χ2v) is 4.46. The van der Waals surface area contributed by atoms with Gasteiger partial charge in [0.05, 0.1) is 13.0 Å². The number of aliphatic carboxylic acids is 1. The maximum atomic E-state index is 12.3. The molecule has 1 N–H and O–H groups in total. The van der Waals surface area contributed by atoms with Gasteiger partial charge in [-0.1, -0.05) is 0 Å². The van der Waals surface area contributed by atoms with Gasteiger partial charge in [-0.05, 0) is 6.92 Å². The van der Waals surface area contributed by atoms with Crippen molar-refractivity contribution in [3.8, 4) is 0 Å². The molecule has 7 nitrogen and oxygen atoms in total. The van der Waals surface area contributed by atoms with Crippen molar-refractivity contribution in [1.82, 2.24) is 19.4 Å². The van der Waals surface area contributed by atoms with Crippen molar-refractivity contribution < 1.29 is 14.7 Å². The summed E-state index contributed by atoms with van der Waals surface area (Å²) < 4.78 is 2.03. The fourth-order valence-corrected chi connectivity index (χ4v) is 2.16. The smallest absolute Gasteiger partial charge is 0.320 e. The van der Waals surface area contributed by atoms with Gasteiger partial charge in [-0.25, -0.2) is 9.78 Å². The van der Waals surface area contributed by atoms with E-state index >= 15 is 0 Å². The molecule has 0 aromatic carbocycles. The Balaban J connectivity index is 1.97. The standard InChI is InChI=1S/C12H18N4O3/c1-2-14(5-3-11(17)18)12(19)16-8-7-15-6-4-13-10(15)9-16/h4,6H,2-3,5,7-9H2,1H3,(H,17,18). The second-order valence-electron chi connectivity index (χ2n) is 4.46. The number of amides is 2. The molecule has 1 aromatic rings. The monoisotopic (exact) mass is 266 g/mol. The predicted octanol–water partition coefficient (Wildman–Crippen LogP) is 0.615. The number of hydrogen-bond donors (Lipinski definition) is 1. The third kappa shape index (κ3) is 3.04. The molecule has 0 bridgehead atoms. The van der Waals surface area contributed by atoms with Crippen molar-refractivity contribution in [2.75, 3.05) is 19.6 Å². The van der Waals surface area contributed by atoms with E-state index in [9.17, 15) is 9.59 Å². The number of fused-ring (bicyclic) bond motifs is 1. The molecular formula is C12H18N4O3. The summed E-state index contributed by atoms with van der Waals surface area (Å²) in [6.07, 6.45) is 3.60. The van der Waals surface area contributed by atoms with Crippen LogP contribution in [0.15, 0.2) is 12.4 Å². The number of urea groups is 1. The van der Waals surface area contributed by atoms with E-state index in [1.54, 1.807) is 16.0 Å². The van der Waals surface area contributed by atoms with Crippen molar-refractivity contribution in [2.24, 2.45) is 0 Å². The van der Waals surface area contributed by atoms with E-state index in [1.165, 1.54) is 0 Å². The fraction of sp³-hybridized carbons (Fsp3) is 0.583. The maximum absolute atomic E-state index is 12.3. The van der Waals surface area contributed by atoms with Gasteiger partial charge in [0.2, 0.25) is 0 Å². The summed E-state index contributed by atoms with van der Waals surface area (Å²) in [4.78, 5) is 30.4. The van der Waals surface area contributed by atoms with Gasteiger partial charge in [0.25, 0.3) is 0 Å². The summed E-state index contributed by atoms with van der Waals surface area (Å²) in [5.41, 5.74) is 0. The van der Waals surface area contributed by atoms with Gasteiger partial charge in [0.1, 0.15) is 5.82 Å². The maximum Gasteiger partial charge on any atom is 0.320 e. The summed E-state index contributed by atoms with van der Waals surface area (Å²) >= 11 is 0.